The third-order valence-corrected chi connectivity index (χ3v) is 6.14. The van der Waals surface area contributed by atoms with Crippen molar-refractivity contribution in [2.45, 2.75) is 32.0 Å². The summed E-state index contributed by atoms with van der Waals surface area (Å²) < 4.78 is 5.67. The van der Waals surface area contributed by atoms with Gasteiger partial charge in [-0.05, 0) is 24.3 Å². The summed E-state index contributed by atoms with van der Waals surface area (Å²) in [5.41, 5.74) is 3.46. The molecule has 3 fully saturated rings. The lowest BCUT2D eigenvalue weighted by Gasteiger charge is -2.36. The number of benzene rings is 2. The van der Waals surface area contributed by atoms with Gasteiger partial charge in [0.25, 0.3) is 0 Å². The lowest BCUT2D eigenvalue weighted by molar-refractivity contribution is 0.122. The van der Waals surface area contributed by atoms with Crippen molar-refractivity contribution in [1.29, 1.82) is 0 Å². The molecule has 0 radical (unpaired) electrons. The van der Waals surface area contributed by atoms with E-state index in [1.807, 2.05) is 18.2 Å². The molecule has 2 aromatic carbocycles. The molecule has 3 aromatic rings. The van der Waals surface area contributed by atoms with Gasteiger partial charge in [-0.15, -0.1) is 0 Å². The zero-order chi connectivity index (χ0) is 18.8. The Morgan fingerprint density at radius 3 is 2.46 bits per heavy atom. The van der Waals surface area contributed by atoms with Crippen LogP contribution in [0.25, 0.3) is 11.3 Å². The molecule has 1 aromatic heterocycles. The minimum absolute atomic E-state index is 0.635. The zero-order valence-corrected chi connectivity index (χ0v) is 16.2. The Kier molecular flexibility index (Phi) is 4.98. The molecule has 2 atom stereocenters. The number of hydrogen-bond donors (Lipinski definition) is 0. The summed E-state index contributed by atoms with van der Waals surface area (Å²) in [5.74, 6) is 1.72. The van der Waals surface area contributed by atoms with Crippen LogP contribution in [0.15, 0.2) is 71.3 Å². The molecule has 4 heteroatoms. The third-order valence-electron chi connectivity index (χ3n) is 6.14. The lowest BCUT2D eigenvalue weighted by Crippen LogP contribution is -2.43. The molecule has 4 nitrogen and oxygen atoms in total. The highest BCUT2D eigenvalue weighted by Crippen LogP contribution is 2.30. The summed E-state index contributed by atoms with van der Waals surface area (Å²) in [6, 6.07) is 23.9. The van der Waals surface area contributed by atoms with Crippen LogP contribution in [0.5, 0.6) is 0 Å². The standard InChI is InChI=1S/C24H27N3O/c1-3-7-19(8-4-1)15-27-16-20-11-12-22(27)17-26(14-20)18-23-13-24(25-28-23)21-9-5-2-6-10-21/h1-10,13,20,22H,11-12,14-18H2/t20-,22+/m0/s1. The van der Waals surface area contributed by atoms with Crippen molar-refractivity contribution in [3.63, 3.8) is 0 Å². The smallest absolute Gasteiger partial charge is 0.151 e. The van der Waals surface area contributed by atoms with Crippen molar-refractivity contribution in [3.8, 4) is 11.3 Å². The molecule has 3 aliphatic rings. The summed E-state index contributed by atoms with van der Waals surface area (Å²) in [6.07, 6.45) is 2.65. The summed E-state index contributed by atoms with van der Waals surface area (Å²) in [5, 5.41) is 4.29. The molecule has 0 unspecified atom stereocenters. The fraction of sp³-hybridized carbons (Fsp3) is 0.375. The van der Waals surface area contributed by atoms with Gasteiger partial charge >= 0.3 is 0 Å². The highest BCUT2D eigenvalue weighted by molar-refractivity contribution is 5.58. The zero-order valence-electron chi connectivity index (χ0n) is 16.2. The van der Waals surface area contributed by atoms with E-state index < -0.39 is 0 Å². The molecule has 0 aliphatic carbocycles. The Morgan fingerprint density at radius 2 is 1.64 bits per heavy atom. The molecule has 28 heavy (non-hydrogen) atoms. The molecular formula is C24H27N3O. The number of piperidine rings is 1. The molecule has 3 saturated heterocycles. The highest BCUT2D eigenvalue weighted by Gasteiger charge is 2.34. The van der Waals surface area contributed by atoms with Crippen LogP contribution >= 0.6 is 0 Å². The molecule has 0 N–H and O–H groups in total. The van der Waals surface area contributed by atoms with E-state index in [9.17, 15) is 0 Å². The van der Waals surface area contributed by atoms with Gasteiger partial charge in [-0.25, -0.2) is 0 Å². The average molecular weight is 374 g/mol. The van der Waals surface area contributed by atoms with Gasteiger partial charge in [-0.1, -0.05) is 65.8 Å². The first-order valence-electron chi connectivity index (χ1n) is 10.3. The number of aromatic nitrogens is 1. The van der Waals surface area contributed by atoms with Gasteiger partial charge in [-0.2, -0.15) is 0 Å². The van der Waals surface area contributed by atoms with E-state index in [0.717, 1.165) is 49.1 Å². The number of fused-ring (bicyclic) bond motifs is 4. The molecule has 3 aliphatic heterocycles. The second-order valence-electron chi connectivity index (χ2n) is 8.25. The van der Waals surface area contributed by atoms with Crippen LogP contribution in [-0.2, 0) is 13.1 Å². The quantitative estimate of drug-likeness (QED) is 0.662. The second-order valence-corrected chi connectivity index (χ2v) is 8.25. The van der Waals surface area contributed by atoms with E-state index in [-0.39, 0.29) is 0 Å². The second kappa shape index (κ2) is 7.90. The van der Waals surface area contributed by atoms with Gasteiger partial charge in [-0.3, -0.25) is 9.80 Å². The SMILES string of the molecule is c1ccc(CN2C[C@H]3CC[C@@H]2CN(Cc2cc(-c4ccccc4)no2)C3)cc1. The summed E-state index contributed by atoms with van der Waals surface area (Å²) in [6.45, 7) is 5.40. The fourth-order valence-electron chi connectivity index (χ4n) is 4.77. The van der Waals surface area contributed by atoms with Gasteiger partial charge in [0.05, 0.1) is 6.54 Å². The van der Waals surface area contributed by atoms with E-state index in [4.69, 9.17) is 4.52 Å². The van der Waals surface area contributed by atoms with Crippen molar-refractivity contribution < 1.29 is 4.52 Å². The molecule has 6 rings (SSSR count). The van der Waals surface area contributed by atoms with Crippen LogP contribution in [0.2, 0.25) is 0 Å². The minimum Gasteiger partial charge on any atom is -0.359 e. The summed E-state index contributed by atoms with van der Waals surface area (Å²) in [7, 11) is 0. The number of rotatable bonds is 5. The summed E-state index contributed by atoms with van der Waals surface area (Å²) >= 11 is 0. The van der Waals surface area contributed by atoms with E-state index in [1.165, 1.54) is 24.9 Å². The Labute approximate surface area is 166 Å². The highest BCUT2D eigenvalue weighted by atomic mass is 16.5. The molecule has 0 amide bonds. The van der Waals surface area contributed by atoms with E-state index in [2.05, 4.69) is 63.5 Å². The number of nitrogens with zero attached hydrogens (tertiary/aromatic N) is 3. The molecule has 0 saturated carbocycles. The van der Waals surface area contributed by atoms with E-state index in [0.29, 0.717) is 6.04 Å². The van der Waals surface area contributed by atoms with E-state index in [1.54, 1.807) is 0 Å². The first-order valence-corrected chi connectivity index (χ1v) is 10.3. The van der Waals surface area contributed by atoms with Crippen molar-refractivity contribution in [2.75, 3.05) is 19.6 Å². The van der Waals surface area contributed by atoms with Crippen molar-refractivity contribution in [2.24, 2.45) is 5.92 Å². The van der Waals surface area contributed by atoms with Crippen LogP contribution in [-0.4, -0.2) is 40.6 Å². The molecule has 4 heterocycles. The van der Waals surface area contributed by atoms with Crippen LogP contribution in [0.4, 0.5) is 0 Å². The maximum absolute atomic E-state index is 5.67. The normalized spacial score (nSPS) is 23.0. The maximum atomic E-state index is 5.67. The van der Waals surface area contributed by atoms with Gasteiger partial charge < -0.3 is 4.52 Å². The van der Waals surface area contributed by atoms with Crippen molar-refractivity contribution in [1.82, 2.24) is 15.0 Å². The van der Waals surface area contributed by atoms with E-state index >= 15 is 0 Å². The maximum Gasteiger partial charge on any atom is 0.151 e. The van der Waals surface area contributed by atoms with Crippen molar-refractivity contribution >= 4 is 0 Å². The van der Waals surface area contributed by atoms with Gasteiger partial charge in [0, 0.05) is 43.9 Å². The van der Waals surface area contributed by atoms with Gasteiger partial charge in [0.2, 0.25) is 0 Å². The largest absolute Gasteiger partial charge is 0.359 e. The Balaban J connectivity index is 1.26. The van der Waals surface area contributed by atoms with Crippen LogP contribution in [0.1, 0.15) is 24.2 Å². The lowest BCUT2D eigenvalue weighted by atomic mass is 9.94. The molecule has 0 spiro atoms. The first-order chi connectivity index (χ1) is 13.8. The summed E-state index contributed by atoms with van der Waals surface area (Å²) in [4.78, 5) is 5.27. The number of hydrogen-bond acceptors (Lipinski definition) is 4. The Bertz CT molecular complexity index is 892. The van der Waals surface area contributed by atoms with Gasteiger partial charge in [0.1, 0.15) is 5.69 Å². The van der Waals surface area contributed by atoms with Crippen molar-refractivity contribution in [3.05, 3.63) is 78.1 Å². The van der Waals surface area contributed by atoms with Crippen LogP contribution in [0, 0.1) is 5.92 Å². The first kappa shape index (κ1) is 17.7. The Hall–Kier alpha value is -2.43. The van der Waals surface area contributed by atoms with Crippen LogP contribution < -0.4 is 0 Å². The molecular weight excluding hydrogens is 346 g/mol. The fourth-order valence-corrected chi connectivity index (χ4v) is 4.77. The Morgan fingerprint density at radius 1 is 0.857 bits per heavy atom. The predicted octanol–water partition coefficient (Wildman–Crippen LogP) is 4.44. The minimum atomic E-state index is 0.635. The average Bonchev–Trinajstić information content (AvgIpc) is 3.03. The predicted molar refractivity (Wildman–Crippen MR) is 111 cm³/mol. The van der Waals surface area contributed by atoms with Gasteiger partial charge in [0.15, 0.2) is 5.76 Å². The monoisotopic (exact) mass is 373 g/mol. The third kappa shape index (κ3) is 3.89. The molecule has 144 valence electrons. The van der Waals surface area contributed by atoms with Crippen LogP contribution in [0.3, 0.4) is 0 Å². The molecule has 2 bridgehead atoms. The topological polar surface area (TPSA) is 32.5 Å².